The van der Waals surface area contributed by atoms with E-state index in [1.165, 1.54) is 17.3 Å². The van der Waals surface area contributed by atoms with E-state index in [4.69, 9.17) is 10.2 Å². The van der Waals surface area contributed by atoms with Crippen molar-refractivity contribution in [3.05, 3.63) is 65.5 Å². The number of nitrogens with one attached hydrogen (secondary N) is 1. The Hall–Kier alpha value is -3.46. The second kappa shape index (κ2) is 8.27. The quantitative estimate of drug-likeness (QED) is 0.456. The number of para-hydroxylation sites is 1. The molecule has 0 aliphatic carbocycles. The highest BCUT2D eigenvalue weighted by molar-refractivity contribution is 7.98. The van der Waals surface area contributed by atoms with Gasteiger partial charge in [0.15, 0.2) is 0 Å². The number of aryl methyl sites for hydroxylation is 2. The molecule has 146 valence electrons. The highest BCUT2D eigenvalue weighted by Crippen LogP contribution is 2.26. The van der Waals surface area contributed by atoms with Crippen molar-refractivity contribution in [2.24, 2.45) is 0 Å². The Morgan fingerprint density at radius 2 is 1.76 bits per heavy atom. The fourth-order valence-corrected chi connectivity index (χ4v) is 3.22. The van der Waals surface area contributed by atoms with Gasteiger partial charge in [-0.3, -0.25) is 0 Å². The lowest BCUT2D eigenvalue weighted by molar-refractivity contribution is 0.465. The Morgan fingerprint density at radius 3 is 2.55 bits per heavy atom. The second-order valence-corrected chi connectivity index (χ2v) is 7.33. The summed E-state index contributed by atoms with van der Waals surface area (Å²) in [4.78, 5) is 12.8. The van der Waals surface area contributed by atoms with Gasteiger partial charge in [0, 0.05) is 11.3 Å². The molecule has 0 saturated carbocycles. The van der Waals surface area contributed by atoms with Gasteiger partial charge in [-0.2, -0.15) is 15.0 Å². The maximum absolute atomic E-state index is 5.85. The van der Waals surface area contributed by atoms with Crippen molar-refractivity contribution < 1.29 is 4.42 Å². The van der Waals surface area contributed by atoms with Crippen LogP contribution in [0.25, 0.3) is 11.5 Å². The molecule has 0 amide bonds. The molecule has 0 bridgehead atoms. The molecule has 4 aromatic rings. The van der Waals surface area contributed by atoms with Crippen molar-refractivity contribution in [1.29, 1.82) is 0 Å². The number of thioether (sulfide) groups is 1. The maximum Gasteiger partial charge on any atom is 0.277 e. The predicted molar refractivity (Wildman–Crippen MR) is 113 cm³/mol. The van der Waals surface area contributed by atoms with Crippen LogP contribution in [0.4, 0.5) is 17.6 Å². The third kappa shape index (κ3) is 4.69. The summed E-state index contributed by atoms with van der Waals surface area (Å²) in [6, 6.07) is 15.8. The number of nitrogen functional groups attached to an aromatic ring is 1. The topological polar surface area (TPSA) is 116 Å². The lowest BCUT2D eigenvalue weighted by Crippen LogP contribution is -2.07. The molecule has 29 heavy (non-hydrogen) atoms. The van der Waals surface area contributed by atoms with E-state index in [2.05, 4.69) is 30.5 Å². The van der Waals surface area contributed by atoms with Crippen LogP contribution in [0.3, 0.4) is 0 Å². The first-order chi connectivity index (χ1) is 14.1. The zero-order valence-electron chi connectivity index (χ0n) is 16.0. The molecule has 0 radical (unpaired) electrons. The van der Waals surface area contributed by atoms with Crippen LogP contribution in [0.2, 0.25) is 0 Å². The summed E-state index contributed by atoms with van der Waals surface area (Å²) >= 11 is 1.34. The van der Waals surface area contributed by atoms with Crippen LogP contribution < -0.4 is 11.1 Å². The summed E-state index contributed by atoms with van der Waals surface area (Å²) in [5.74, 6) is 1.97. The molecule has 0 saturated heterocycles. The van der Waals surface area contributed by atoms with Gasteiger partial charge in [0.1, 0.15) is 5.82 Å². The fraction of sp³-hybridized carbons (Fsp3) is 0.150. The number of aromatic nitrogens is 5. The molecule has 0 unspecified atom stereocenters. The molecule has 0 atom stereocenters. The van der Waals surface area contributed by atoms with Gasteiger partial charge in [-0.1, -0.05) is 47.7 Å². The average Bonchev–Trinajstić information content (AvgIpc) is 3.17. The number of nitrogens with two attached hydrogens (primary N) is 1. The standard InChI is InChI=1S/C20H19N7OS/c1-12-7-9-14(10-8-12)17-26-27-20(28-17)29-11-16-23-18(21)25-19(24-16)22-15-6-4-3-5-13(15)2/h3-10H,11H2,1-2H3,(H3,21,22,23,24,25). The van der Waals surface area contributed by atoms with Crippen LogP contribution in [0.1, 0.15) is 17.0 Å². The molecule has 4 rings (SSSR count). The van der Waals surface area contributed by atoms with E-state index in [9.17, 15) is 0 Å². The molecule has 0 aliphatic heterocycles. The van der Waals surface area contributed by atoms with Gasteiger partial charge in [0.05, 0.1) is 5.75 Å². The van der Waals surface area contributed by atoms with Crippen molar-refractivity contribution in [1.82, 2.24) is 25.1 Å². The molecule has 0 fully saturated rings. The van der Waals surface area contributed by atoms with Gasteiger partial charge in [0.2, 0.25) is 17.8 Å². The summed E-state index contributed by atoms with van der Waals surface area (Å²) < 4.78 is 5.73. The summed E-state index contributed by atoms with van der Waals surface area (Å²) in [7, 11) is 0. The molecular weight excluding hydrogens is 386 g/mol. The second-order valence-electron chi connectivity index (χ2n) is 6.40. The summed E-state index contributed by atoms with van der Waals surface area (Å²) in [5, 5.41) is 11.8. The van der Waals surface area contributed by atoms with Crippen LogP contribution in [-0.4, -0.2) is 25.1 Å². The first-order valence-corrected chi connectivity index (χ1v) is 9.92. The van der Waals surface area contributed by atoms with Gasteiger partial charge in [-0.15, -0.1) is 10.2 Å². The van der Waals surface area contributed by atoms with Crippen molar-refractivity contribution >= 4 is 29.3 Å². The van der Waals surface area contributed by atoms with Crippen LogP contribution in [0, 0.1) is 13.8 Å². The first-order valence-electron chi connectivity index (χ1n) is 8.93. The molecule has 2 aromatic heterocycles. The van der Waals surface area contributed by atoms with Crippen LogP contribution in [0.5, 0.6) is 0 Å². The van der Waals surface area contributed by atoms with Crippen molar-refractivity contribution in [2.75, 3.05) is 11.1 Å². The van der Waals surface area contributed by atoms with Crippen LogP contribution in [0.15, 0.2) is 58.2 Å². The zero-order chi connectivity index (χ0) is 20.2. The highest BCUT2D eigenvalue weighted by atomic mass is 32.2. The minimum absolute atomic E-state index is 0.151. The third-order valence-corrected chi connectivity index (χ3v) is 4.93. The minimum Gasteiger partial charge on any atom is -0.411 e. The van der Waals surface area contributed by atoms with E-state index in [0.29, 0.717) is 28.6 Å². The summed E-state index contributed by atoms with van der Waals surface area (Å²) in [6.45, 7) is 4.03. The number of benzene rings is 2. The minimum atomic E-state index is 0.151. The smallest absolute Gasteiger partial charge is 0.277 e. The number of hydrogen-bond acceptors (Lipinski definition) is 9. The lowest BCUT2D eigenvalue weighted by atomic mass is 10.1. The summed E-state index contributed by atoms with van der Waals surface area (Å²) in [5.41, 5.74) is 9.89. The van der Waals surface area contributed by atoms with E-state index >= 15 is 0 Å². The molecule has 2 aromatic carbocycles. The van der Waals surface area contributed by atoms with E-state index in [0.717, 1.165) is 16.8 Å². The van der Waals surface area contributed by atoms with Crippen molar-refractivity contribution in [3.8, 4) is 11.5 Å². The summed E-state index contributed by atoms with van der Waals surface area (Å²) in [6.07, 6.45) is 0. The number of anilines is 3. The monoisotopic (exact) mass is 405 g/mol. The van der Waals surface area contributed by atoms with Gasteiger partial charge in [-0.25, -0.2) is 0 Å². The fourth-order valence-electron chi connectivity index (χ4n) is 2.60. The average molecular weight is 405 g/mol. The molecule has 0 spiro atoms. The molecule has 2 heterocycles. The van der Waals surface area contributed by atoms with E-state index in [1.54, 1.807) is 0 Å². The van der Waals surface area contributed by atoms with E-state index in [1.807, 2.05) is 62.4 Å². The number of rotatable bonds is 6. The van der Waals surface area contributed by atoms with Crippen molar-refractivity contribution in [3.63, 3.8) is 0 Å². The van der Waals surface area contributed by atoms with Crippen molar-refractivity contribution in [2.45, 2.75) is 24.8 Å². The lowest BCUT2D eigenvalue weighted by Gasteiger charge is -2.09. The predicted octanol–water partition coefficient (Wildman–Crippen LogP) is 4.16. The van der Waals surface area contributed by atoms with Gasteiger partial charge < -0.3 is 15.5 Å². The first kappa shape index (κ1) is 18.9. The van der Waals surface area contributed by atoms with Gasteiger partial charge >= 0.3 is 0 Å². The molecule has 9 heteroatoms. The van der Waals surface area contributed by atoms with Crippen LogP contribution in [-0.2, 0) is 5.75 Å². The Kier molecular flexibility index (Phi) is 5.39. The maximum atomic E-state index is 5.85. The Morgan fingerprint density at radius 1 is 0.966 bits per heavy atom. The SMILES string of the molecule is Cc1ccc(-c2nnc(SCc3nc(N)nc(Nc4ccccc4C)n3)o2)cc1. The molecular formula is C20H19N7OS. The number of nitrogens with zero attached hydrogens (tertiary/aromatic N) is 5. The van der Waals surface area contributed by atoms with Crippen LogP contribution >= 0.6 is 11.8 Å². The third-order valence-electron chi connectivity index (χ3n) is 4.12. The Balaban J connectivity index is 1.45. The Labute approximate surface area is 172 Å². The largest absolute Gasteiger partial charge is 0.411 e. The van der Waals surface area contributed by atoms with E-state index < -0.39 is 0 Å². The van der Waals surface area contributed by atoms with Gasteiger partial charge in [-0.05, 0) is 37.6 Å². The highest BCUT2D eigenvalue weighted by Gasteiger charge is 2.12. The number of hydrogen-bond donors (Lipinski definition) is 2. The van der Waals surface area contributed by atoms with E-state index in [-0.39, 0.29) is 5.95 Å². The molecule has 3 N–H and O–H groups in total. The normalized spacial score (nSPS) is 10.8. The molecule has 0 aliphatic rings. The Bertz CT molecular complexity index is 1130. The zero-order valence-corrected chi connectivity index (χ0v) is 16.8. The molecule has 8 nitrogen and oxygen atoms in total. The van der Waals surface area contributed by atoms with Gasteiger partial charge in [0.25, 0.3) is 5.22 Å².